The lowest BCUT2D eigenvalue weighted by molar-refractivity contribution is -0.138. The molecule has 0 aliphatic carbocycles. The van der Waals surface area contributed by atoms with Crippen LogP contribution in [0.2, 0.25) is 0 Å². The number of nitrogens with zero attached hydrogens (tertiary/aromatic N) is 7. The van der Waals surface area contributed by atoms with E-state index in [1.807, 2.05) is 41.4 Å². The summed E-state index contributed by atoms with van der Waals surface area (Å²) in [6.45, 7) is 7.14. The number of anilines is 3. The molecular formula is C27H36N8O2. The largest absolute Gasteiger partial charge is 0.480 e. The van der Waals surface area contributed by atoms with Crippen molar-refractivity contribution in [1.29, 1.82) is 0 Å². The van der Waals surface area contributed by atoms with E-state index in [2.05, 4.69) is 44.0 Å². The van der Waals surface area contributed by atoms with E-state index in [1.54, 1.807) is 12.4 Å². The molecule has 37 heavy (non-hydrogen) atoms. The zero-order valence-electron chi connectivity index (χ0n) is 21.7. The third kappa shape index (κ3) is 7.93. The molecule has 0 unspecified atom stereocenters. The van der Waals surface area contributed by atoms with Gasteiger partial charge >= 0.3 is 5.97 Å². The molecule has 196 valence electrons. The number of aliphatic carboxylic acids is 1. The van der Waals surface area contributed by atoms with Gasteiger partial charge in [-0.3, -0.25) is 19.6 Å². The molecule has 2 N–H and O–H groups in total. The molecule has 4 heterocycles. The Morgan fingerprint density at radius 3 is 2.54 bits per heavy atom. The number of aromatic nitrogens is 4. The minimum atomic E-state index is -0.779. The van der Waals surface area contributed by atoms with Crippen molar-refractivity contribution < 1.29 is 9.90 Å². The van der Waals surface area contributed by atoms with E-state index in [4.69, 9.17) is 10.1 Å². The maximum absolute atomic E-state index is 10.9. The lowest BCUT2D eigenvalue weighted by Crippen LogP contribution is -2.47. The van der Waals surface area contributed by atoms with Crippen LogP contribution in [0, 0.1) is 0 Å². The molecule has 1 aliphatic rings. The molecule has 0 spiro atoms. The number of hydrogen-bond donors (Lipinski definition) is 2. The van der Waals surface area contributed by atoms with Crippen molar-refractivity contribution in [3.05, 3.63) is 54.6 Å². The van der Waals surface area contributed by atoms with E-state index in [0.717, 1.165) is 67.6 Å². The van der Waals surface area contributed by atoms with Gasteiger partial charge in [-0.05, 0) is 36.8 Å². The number of rotatable bonds is 12. The van der Waals surface area contributed by atoms with Crippen LogP contribution in [-0.4, -0.2) is 87.1 Å². The molecular weight excluding hydrogens is 468 g/mol. The van der Waals surface area contributed by atoms with Crippen molar-refractivity contribution in [1.82, 2.24) is 29.7 Å². The molecule has 4 rings (SSSR count). The maximum atomic E-state index is 10.9. The van der Waals surface area contributed by atoms with E-state index in [-0.39, 0.29) is 6.54 Å². The second-order valence-electron chi connectivity index (χ2n) is 9.41. The molecule has 0 atom stereocenters. The lowest BCUT2D eigenvalue weighted by atomic mass is 10.2. The van der Waals surface area contributed by atoms with E-state index in [0.29, 0.717) is 12.5 Å². The highest BCUT2D eigenvalue weighted by atomic mass is 16.4. The van der Waals surface area contributed by atoms with Crippen LogP contribution in [0.15, 0.2) is 48.9 Å². The summed E-state index contributed by atoms with van der Waals surface area (Å²) in [5.74, 6) is 0.691. The molecule has 3 aromatic rings. The predicted molar refractivity (Wildman–Crippen MR) is 145 cm³/mol. The zero-order chi connectivity index (χ0) is 26.0. The first-order valence-corrected chi connectivity index (χ1v) is 12.9. The van der Waals surface area contributed by atoms with Crippen LogP contribution in [0.3, 0.4) is 0 Å². The zero-order valence-corrected chi connectivity index (χ0v) is 21.7. The predicted octanol–water partition coefficient (Wildman–Crippen LogP) is 3.51. The molecule has 0 saturated carbocycles. The number of carbonyl (C=O) groups is 1. The van der Waals surface area contributed by atoms with Gasteiger partial charge in [-0.1, -0.05) is 19.8 Å². The molecule has 0 radical (unpaired) electrons. The van der Waals surface area contributed by atoms with Gasteiger partial charge in [0.1, 0.15) is 5.82 Å². The first-order chi connectivity index (χ1) is 18.0. The fraction of sp³-hybridized carbons (Fsp3) is 0.444. The van der Waals surface area contributed by atoms with Crippen LogP contribution >= 0.6 is 0 Å². The topological polar surface area (TPSA) is 111 Å². The van der Waals surface area contributed by atoms with Gasteiger partial charge in [-0.15, -0.1) is 0 Å². The fourth-order valence-electron chi connectivity index (χ4n) is 4.35. The second kappa shape index (κ2) is 13.1. The Morgan fingerprint density at radius 2 is 1.81 bits per heavy atom. The van der Waals surface area contributed by atoms with Gasteiger partial charge in [0, 0.05) is 76.2 Å². The van der Waals surface area contributed by atoms with Crippen LogP contribution in [0.5, 0.6) is 0 Å². The van der Waals surface area contributed by atoms with Gasteiger partial charge in [0.05, 0.1) is 17.9 Å². The Hall–Kier alpha value is -3.63. The SMILES string of the molecule is CCCCCN(C)c1ccc(-c2ccnc(Nc3ccnc(CN4CCN(CC(=O)O)CC4)c3)n2)cn1. The highest BCUT2D eigenvalue weighted by molar-refractivity contribution is 5.69. The Labute approximate surface area is 218 Å². The van der Waals surface area contributed by atoms with Gasteiger partial charge in [0.2, 0.25) is 5.95 Å². The standard InChI is InChI=1S/C27H36N8O2/c1-3-4-5-12-33(2)25-7-6-21(18-30-25)24-9-11-29-27(32-24)31-22-8-10-28-23(17-22)19-34-13-15-35(16-14-34)20-26(36)37/h6-11,17-18H,3-5,12-16,19-20H2,1-2H3,(H,36,37)(H,28,29,31,32). The number of carboxylic acid groups (broad SMARTS) is 1. The third-order valence-corrected chi connectivity index (χ3v) is 6.47. The highest BCUT2D eigenvalue weighted by Crippen LogP contribution is 2.21. The summed E-state index contributed by atoms with van der Waals surface area (Å²) in [7, 11) is 2.08. The van der Waals surface area contributed by atoms with Crippen LogP contribution in [0.25, 0.3) is 11.3 Å². The molecule has 1 fully saturated rings. The molecule has 3 aromatic heterocycles. The summed E-state index contributed by atoms with van der Waals surface area (Å²) < 4.78 is 0. The number of carboxylic acids is 1. The first kappa shape index (κ1) is 26.4. The number of hydrogen-bond acceptors (Lipinski definition) is 9. The maximum Gasteiger partial charge on any atom is 0.317 e. The summed E-state index contributed by atoms with van der Waals surface area (Å²) >= 11 is 0. The van der Waals surface area contributed by atoms with Crippen molar-refractivity contribution in [2.45, 2.75) is 32.7 Å². The Morgan fingerprint density at radius 1 is 1.03 bits per heavy atom. The average Bonchev–Trinajstić information content (AvgIpc) is 2.90. The van der Waals surface area contributed by atoms with Crippen molar-refractivity contribution in [2.24, 2.45) is 0 Å². The highest BCUT2D eigenvalue weighted by Gasteiger charge is 2.19. The minimum Gasteiger partial charge on any atom is -0.480 e. The van der Waals surface area contributed by atoms with Gasteiger partial charge in [-0.2, -0.15) is 0 Å². The van der Waals surface area contributed by atoms with Crippen molar-refractivity contribution in [3.8, 4) is 11.3 Å². The Balaban J connectivity index is 1.35. The van der Waals surface area contributed by atoms with Crippen LogP contribution in [0.1, 0.15) is 31.9 Å². The summed E-state index contributed by atoms with van der Waals surface area (Å²) in [5.41, 5.74) is 3.55. The molecule has 1 aliphatic heterocycles. The van der Waals surface area contributed by atoms with Gasteiger partial charge < -0.3 is 15.3 Å². The molecule has 10 heteroatoms. The number of pyridine rings is 2. The number of piperazine rings is 1. The molecule has 10 nitrogen and oxygen atoms in total. The molecule has 0 bridgehead atoms. The first-order valence-electron chi connectivity index (χ1n) is 12.9. The van der Waals surface area contributed by atoms with Crippen molar-refractivity contribution >= 4 is 23.4 Å². The van der Waals surface area contributed by atoms with E-state index in [1.165, 1.54) is 12.8 Å². The van der Waals surface area contributed by atoms with Crippen LogP contribution in [0.4, 0.5) is 17.5 Å². The van der Waals surface area contributed by atoms with Gasteiger partial charge in [0.25, 0.3) is 0 Å². The summed E-state index contributed by atoms with van der Waals surface area (Å²) in [6, 6.07) is 9.87. The Bertz CT molecular complexity index is 1150. The van der Waals surface area contributed by atoms with E-state index < -0.39 is 5.97 Å². The normalized spacial score (nSPS) is 14.4. The van der Waals surface area contributed by atoms with Crippen molar-refractivity contribution in [2.75, 3.05) is 56.5 Å². The minimum absolute atomic E-state index is 0.0981. The number of nitrogens with one attached hydrogen (secondary N) is 1. The lowest BCUT2D eigenvalue weighted by Gasteiger charge is -2.33. The quantitative estimate of drug-likeness (QED) is 0.356. The second-order valence-corrected chi connectivity index (χ2v) is 9.41. The molecule has 1 saturated heterocycles. The van der Waals surface area contributed by atoms with Crippen LogP contribution in [-0.2, 0) is 11.3 Å². The molecule has 0 aromatic carbocycles. The summed E-state index contributed by atoms with van der Waals surface area (Å²) in [6.07, 6.45) is 8.98. The van der Waals surface area contributed by atoms with Gasteiger partial charge in [0.15, 0.2) is 0 Å². The molecule has 0 amide bonds. The average molecular weight is 505 g/mol. The Kier molecular flexibility index (Phi) is 9.34. The number of unbranched alkanes of at least 4 members (excludes halogenated alkanes) is 2. The van der Waals surface area contributed by atoms with Crippen LogP contribution < -0.4 is 10.2 Å². The van der Waals surface area contributed by atoms with E-state index in [9.17, 15) is 4.79 Å². The monoisotopic (exact) mass is 504 g/mol. The summed E-state index contributed by atoms with van der Waals surface area (Å²) in [4.78, 5) is 35.6. The fourth-order valence-corrected chi connectivity index (χ4v) is 4.35. The van der Waals surface area contributed by atoms with E-state index >= 15 is 0 Å². The van der Waals surface area contributed by atoms with Crippen molar-refractivity contribution in [3.63, 3.8) is 0 Å². The smallest absolute Gasteiger partial charge is 0.317 e. The summed E-state index contributed by atoms with van der Waals surface area (Å²) in [5, 5.41) is 12.3. The van der Waals surface area contributed by atoms with Gasteiger partial charge in [-0.25, -0.2) is 15.0 Å². The third-order valence-electron chi connectivity index (χ3n) is 6.47.